The molecule has 0 atom stereocenters. The summed E-state index contributed by atoms with van der Waals surface area (Å²) in [6.07, 6.45) is 1.33. The van der Waals surface area contributed by atoms with E-state index in [-0.39, 0.29) is 18.0 Å². The quantitative estimate of drug-likeness (QED) is 0.561. The van der Waals surface area contributed by atoms with Crippen LogP contribution in [0.3, 0.4) is 0 Å². The van der Waals surface area contributed by atoms with Crippen LogP contribution in [0.15, 0.2) is 18.3 Å². The number of rotatable bonds is 2. The smallest absolute Gasteiger partial charge is 0.280 e. The molecule has 74 valence electrons. The van der Waals surface area contributed by atoms with E-state index in [0.29, 0.717) is 0 Å². The molecule has 1 aromatic rings. The van der Waals surface area contributed by atoms with Crippen LogP contribution in [0.25, 0.3) is 0 Å². The fourth-order valence-corrected chi connectivity index (χ4v) is 0.809. The van der Waals surface area contributed by atoms with Crippen LogP contribution >= 0.6 is 0 Å². The highest BCUT2D eigenvalue weighted by Gasteiger charge is 2.13. The molecule has 0 fully saturated rings. The maximum absolute atomic E-state index is 11.2. The first kappa shape index (κ1) is 10.1. The predicted molar refractivity (Wildman–Crippen MR) is 47.4 cm³/mol. The first-order chi connectivity index (χ1) is 6.65. The SMILES string of the molecule is NCC(=O)NC(=O)c1ncccc1O. The first-order valence-corrected chi connectivity index (χ1v) is 3.83. The highest BCUT2D eigenvalue weighted by molar-refractivity contribution is 6.05. The number of hydrogen-bond acceptors (Lipinski definition) is 5. The standard InChI is InChI=1S/C8H9N3O3/c9-4-6(13)11-8(14)7-5(12)2-1-3-10-7/h1-3,12H,4,9H2,(H,11,13,14). The molecule has 6 heteroatoms. The van der Waals surface area contributed by atoms with Crippen LogP contribution in [0.2, 0.25) is 0 Å². The molecular formula is C8H9N3O3. The molecule has 1 rings (SSSR count). The summed E-state index contributed by atoms with van der Waals surface area (Å²) < 4.78 is 0. The molecule has 1 aromatic heterocycles. The van der Waals surface area contributed by atoms with Crippen LogP contribution in [0.1, 0.15) is 10.5 Å². The van der Waals surface area contributed by atoms with Crippen molar-refractivity contribution in [1.29, 1.82) is 0 Å². The molecule has 2 amide bonds. The number of nitrogens with one attached hydrogen (secondary N) is 1. The predicted octanol–water partition coefficient (Wildman–Crippen LogP) is -0.998. The van der Waals surface area contributed by atoms with Crippen LogP contribution in [0.5, 0.6) is 5.75 Å². The molecule has 0 aromatic carbocycles. The van der Waals surface area contributed by atoms with Gasteiger partial charge in [-0.15, -0.1) is 0 Å². The van der Waals surface area contributed by atoms with E-state index in [1.165, 1.54) is 18.3 Å². The Morgan fingerprint density at radius 3 is 2.86 bits per heavy atom. The van der Waals surface area contributed by atoms with Gasteiger partial charge in [-0.1, -0.05) is 0 Å². The monoisotopic (exact) mass is 195 g/mol. The normalized spacial score (nSPS) is 9.50. The summed E-state index contributed by atoms with van der Waals surface area (Å²) in [5.41, 5.74) is 4.79. The van der Waals surface area contributed by atoms with E-state index in [4.69, 9.17) is 5.73 Å². The van der Waals surface area contributed by atoms with Gasteiger partial charge in [0.15, 0.2) is 5.69 Å². The number of pyridine rings is 1. The summed E-state index contributed by atoms with van der Waals surface area (Å²) in [7, 11) is 0. The summed E-state index contributed by atoms with van der Waals surface area (Å²) in [5.74, 6) is -1.67. The molecule has 0 aliphatic carbocycles. The fraction of sp³-hybridized carbons (Fsp3) is 0.125. The maximum atomic E-state index is 11.2. The minimum absolute atomic E-state index is 0.200. The van der Waals surface area contributed by atoms with Gasteiger partial charge >= 0.3 is 0 Å². The Bertz CT molecular complexity index is 365. The Labute approximate surface area is 79.8 Å². The lowest BCUT2D eigenvalue weighted by Crippen LogP contribution is -2.35. The molecule has 1 heterocycles. The second-order valence-corrected chi connectivity index (χ2v) is 2.45. The van der Waals surface area contributed by atoms with Crippen molar-refractivity contribution in [3.8, 4) is 5.75 Å². The van der Waals surface area contributed by atoms with Crippen molar-refractivity contribution in [3.05, 3.63) is 24.0 Å². The second-order valence-electron chi connectivity index (χ2n) is 2.45. The van der Waals surface area contributed by atoms with Gasteiger partial charge in [0.25, 0.3) is 5.91 Å². The van der Waals surface area contributed by atoms with E-state index in [9.17, 15) is 14.7 Å². The summed E-state index contributed by atoms with van der Waals surface area (Å²) in [6, 6.07) is 2.77. The molecule has 14 heavy (non-hydrogen) atoms. The molecular weight excluding hydrogens is 186 g/mol. The Hall–Kier alpha value is -1.95. The topological polar surface area (TPSA) is 105 Å². The number of carbonyl (C=O) groups is 2. The number of hydrogen-bond donors (Lipinski definition) is 3. The minimum atomic E-state index is -0.765. The summed E-state index contributed by atoms with van der Waals surface area (Å²) in [6.45, 7) is -0.292. The first-order valence-electron chi connectivity index (χ1n) is 3.83. The van der Waals surface area contributed by atoms with Gasteiger partial charge in [0.1, 0.15) is 5.75 Å². The molecule has 0 saturated carbocycles. The van der Waals surface area contributed by atoms with E-state index in [1.54, 1.807) is 0 Å². The zero-order chi connectivity index (χ0) is 10.6. The van der Waals surface area contributed by atoms with Gasteiger partial charge in [0, 0.05) is 6.20 Å². The highest BCUT2D eigenvalue weighted by Crippen LogP contribution is 2.11. The van der Waals surface area contributed by atoms with Crippen LogP contribution in [0, 0.1) is 0 Å². The zero-order valence-corrected chi connectivity index (χ0v) is 7.23. The minimum Gasteiger partial charge on any atom is -0.505 e. The van der Waals surface area contributed by atoms with Gasteiger partial charge in [-0.3, -0.25) is 14.9 Å². The van der Waals surface area contributed by atoms with E-state index in [2.05, 4.69) is 4.98 Å². The molecule has 0 saturated heterocycles. The Morgan fingerprint density at radius 2 is 2.29 bits per heavy atom. The molecule has 4 N–H and O–H groups in total. The van der Waals surface area contributed by atoms with Crippen molar-refractivity contribution in [1.82, 2.24) is 10.3 Å². The van der Waals surface area contributed by atoms with Crippen molar-refractivity contribution in [2.45, 2.75) is 0 Å². The van der Waals surface area contributed by atoms with E-state index in [1.807, 2.05) is 5.32 Å². The summed E-state index contributed by atoms with van der Waals surface area (Å²) in [4.78, 5) is 25.6. The van der Waals surface area contributed by atoms with E-state index < -0.39 is 11.8 Å². The van der Waals surface area contributed by atoms with Crippen LogP contribution < -0.4 is 11.1 Å². The lowest BCUT2D eigenvalue weighted by Gasteiger charge is -2.02. The highest BCUT2D eigenvalue weighted by atomic mass is 16.3. The third-order valence-corrected chi connectivity index (χ3v) is 1.44. The number of aromatic nitrogens is 1. The van der Waals surface area contributed by atoms with Gasteiger partial charge in [-0.25, -0.2) is 4.98 Å². The maximum Gasteiger partial charge on any atom is 0.280 e. The lowest BCUT2D eigenvalue weighted by molar-refractivity contribution is -0.118. The van der Waals surface area contributed by atoms with Crippen LogP contribution in [-0.4, -0.2) is 28.4 Å². The number of nitrogens with two attached hydrogens (primary N) is 1. The van der Waals surface area contributed by atoms with E-state index in [0.717, 1.165) is 0 Å². The van der Waals surface area contributed by atoms with Crippen LogP contribution in [-0.2, 0) is 4.79 Å². The number of imide groups is 1. The van der Waals surface area contributed by atoms with Gasteiger partial charge in [0.05, 0.1) is 6.54 Å². The molecule has 6 nitrogen and oxygen atoms in total. The number of nitrogens with zero attached hydrogens (tertiary/aromatic N) is 1. The molecule has 0 unspecified atom stereocenters. The Morgan fingerprint density at radius 1 is 1.57 bits per heavy atom. The molecule has 0 aliphatic rings. The third-order valence-electron chi connectivity index (χ3n) is 1.44. The van der Waals surface area contributed by atoms with E-state index >= 15 is 0 Å². The third kappa shape index (κ3) is 2.27. The molecule has 0 radical (unpaired) electrons. The Balaban J connectivity index is 2.80. The molecule has 0 spiro atoms. The van der Waals surface area contributed by atoms with Crippen molar-refractivity contribution in [3.63, 3.8) is 0 Å². The van der Waals surface area contributed by atoms with Gasteiger partial charge < -0.3 is 10.8 Å². The van der Waals surface area contributed by atoms with Crippen molar-refractivity contribution in [2.75, 3.05) is 6.54 Å². The second kappa shape index (κ2) is 4.33. The largest absolute Gasteiger partial charge is 0.505 e. The average Bonchev–Trinajstić information content (AvgIpc) is 2.18. The van der Waals surface area contributed by atoms with Crippen LogP contribution in [0.4, 0.5) is 0 Å². The van der Waals surface area contributed by atoms with Gasteiger partial charge in [-0.05, 0) is 12.1 Å². The van der Waals surface area contributed by atoms with Crippen molar-refractivity contribution in [2.24, 2.45) is 5.73 Å². The summed E-state index contributed by atoms with van der Waals surface area (Å²) >= 11 is 0. The number of aromatic hydroxyl groups is 1. The van der Waals surface area contributed by atoms with Gasteiger partial charge in [-0.2, -0.15) is 0 Å². The fourth-order valence-electron chi connectivity index (χ4n) is 0.809. The zero-order valence-electron chi connectivity index (χ0n) is 7.23. The van der Waals surface area contributed by atoms with Gasteiger partial charge in [0.2, 0.25) is 5.91 Å². The summed E-state index contributed by atoms with van der Waals surface area (Å²) in [5, 5.41) is 11.2. The van der Waals surface area contributed by atoms with Crippen molar-refractivity contribution >= 4 is 11.8 Å². The molecule has 0 aliphatic heterocycles. The average molecular weight is 195 g/mol. The molecule has 0 bridgehead atoms. The number of amides is 2. The van der Waals surface area contributed by atoms with Crippen molar-refractivity contribution < 1.29 is 14.7 Å². The Kier molecular flexibility index (Phi) is 3.14. The lowest BCUT2D eigenvalue weighted by atomic mass is 10.3. The number of carbonyl (C=O) groups excluding carboxylic acids is 2.